The average molecular weight is 645 g/mol. The van der Waals surface area contributed by atoms with Gasteiger partial charge < -0.3 is 0 Å². The minimum Gasteiger partial charge on any atom is -0.166 e. The monoisotopic (exact) mass is 644 g/mol. The van der Waals surface area contributed by atoms with Crippen LogP contribution < -0.4 is 0 Å². The Hall–Kier alpha value is -3.75. The predicted octanol–water partition coefficient (Wildman–Crippen LogP) is 12.2. The van der Waals surface area contributed by atoms with Gasteiger partial charge in [-0.25, -0.2) is 0 Å². The molecule has 4 aliphatic carbocycles. The van der Waals surface area contributed by atoms with Crippen molar-refractivity contribution >= 4 is 0 Å². The van der Waals surface area contributed by atoms with Gasteiger partial charge in [0.1, 0.15) is 0 Å². The van der Waals surface area contributed by atoms with E-state index in [4.69, 9.17) is 0 Å². The quantitative estimate of drug-likeness (QED) is 0.194. The van der Waals surface area contributed by atoms with Crippen molar-refractivity contribution in [1.29, 1.82) is 0 Å². The summed E-state index contributed by atoms with van der Waals surface area (Å²) in [6.45, 7) is 0. The van der Waals surface area contributed by atoms with Gasteiger partial charge in [0, 0.05) is 0 Å². The van der Waals surface area contributed by atoms with Crippen LogP contribution in [0.25, 0.3) is 33.4 Å². The largest absolute Gasteiger partial charge is 0.417 e. The van der Waals surface area contributed by atoms with Crippen LogP contribution in [0.4, 0.5) is 39.5 Å². The number of hydrogen-bond acceptors (Lipinski definition) is 0. The first kappa shape index (κ1) is 30.9. The van der Waals surface area contributed by atoms with Crippen LogP contribution in [-0.2, 0) is 23.9 Å². The first-order valence-corrected chi connectivity index (χ1v) is 15.3. The second-order valence-electron chi connectivity index (χ2n) is 13.3. The molecule has 46 heavy (non-hydrogen) atoms. The Labute approximate surface area is 260 Å². The van der Waals surface area contributed by atoms with Crippen LogP contribution in [0.5, 0.6) is 0 Å². The summed E-state index contributed by atoms with van der Waals surface area (Å²) in [4.78, 5) is 0. The van der Waals surface area contributed by atoms with Gasteiger partial charge in [-0.15, -0.1) is 0 Å². The van der Waals surface area contributed by atoms with Crippen molar-refractivity contribution in [3.05, 3.63) is 107 Å². The summed E-state index contributed by atoms with van der Waals surface area (Å²) in [6, 6.07) is 16.7. The second kappa shape index (κ2) is 10.6. The molecule has 0 unspecified atom stereocenters. The van der Waals surface area contributed by atoms with Crippen molar-refractivity contribution in [1.82, 2.24) is 0 Å². The van der Waals surface area contributed by atoms with Crippen molar-refractivity contribution in [2.24, 2.45) is 17.8 Å². The van der Waals surface area contributed by atoms with Crippen molar-refractivity contribution in [2.45, 2.75) is 62.5 Å². The molecule has 4 saturated carbocycles. The minimum atomic E-state index is -4.93. The highest BCUT2D eigenvalue weighted by Crippen LogP contribution is 2.62. The van der Waals surface area contributed by atoms with Crippen LogP contribution in [0, 0.1) is 17.8 Å². The highest BCUT2D eigenvalue weighted by atomic mass is 19.4. The fourth-order valence-electron chi connectivity index (χ4n) is 9.01. The fraction of sp³-hybridized carbons (Fsp3) is 0.351. The number of rotatable bonds is 4. The third-order valence-corrected chi connectivity index (χ3v) is 10.3. The van der Waals surface area contributed by atoms with E-state index in [1.807, 2.05) is 0 Å². The first-order chi connectivity index (χ1) is 21.6. The molecule has 0 atom stereocenters. The lowest BCUT2D eigenvalue weighted by molar-refractivity contribution is -0.138. The molecular formula is C37H29F9. The lowest BCUT2D eigenvalue weighted by Crippen LogP contribution is -2.48. The van der Waals surface area contributed by atoms with E-state index in [0.717, 1.165) is 68.9 Å². The molecule has 0 aromatic heterocycles. The zero-order chi connectivity index (χ0) is 32.6. The van der Waals surface area contributed by atoms with E-state index in [-0.39, 0.29) is 27.8 Å². The highest BCUT2D eigenvalue weighted by Gasteiger charge is 2.52. The molecule has 4 fully saturated rings. The Morgan fingerprint density at radius 2 is 0.761 bits per heavy atom. The maximum Gasteiger partial charge on any atom is 0.417 e. The van der Waals surface area contributed by atoms with Gasteiger partial charge in [0.2, 0.25) is 0 Å². The highest BCUT2D eigenvalue weighted by molar-refractivity contribution is 5.97. The molecule has 0 spiro atoms. The SMILES string of the molecule is FC(F)(F)c1ccccc1-c1cc(C23CC4CC(CC(C4)C2)C3)cc(-c2ccccc2C(F)(F)F)c1-c1ccccc1C(F)(F)F. The molecule has 240 valence electrons. The van der Waals surface area contributed by atoms with Gasteiger partial charge in [0.05, 0.1) is 16.7 Å². The molecule has 0 saturated heterocycles. The summed E-state index contributed by atoms with van der Waals surface area (Å²) in [6.07, 6.45) is -9.31. The van der Waals surface area contributed by atoms with E-state index in [2.05, 4.69) is 0 Å². The lowest BCUT2D eigenvalue weighted by atomic mass is 9.48. The van der Waals surface area contributed by atoms with Gasteiger partial charge in [0.15, 0.2) is 0 Å². The van der Waals surface area contributed by atoms with Crippen LogP contribution in [-0.4, -0.2) is 0 Å². The maximum atomic E-state index is 14.6. The molecule has 9 heteroatoms. The lowest BCUT2D eigenvalue weighted by Gasteiger charge is -2.57. The van der Waals surface area contributed by atoms with Crippen LogP contribution in [0.3, 0.4) is 0 Å². The number of benzene rings is 4. The minimum absolute atomic E-state index is 0.162. The predicted molar refractivity (Wildman–Crippen MR) is 158 cm³/mol. The Morgan fingerprint density at radius 1 is 0.435 bits per heavy atom. The zero-order valence-electron chi connectivity index (χ0n) is 24.5. The van der Waals surface area contributed by atoms with E-state index >= 15 is 0 Å². The van der Waals surface area contributed by atoms with E-state index in [1.54, 1.807) is 12.1 Å². The zero-order valence-corrected chi connectivity index (χ0v) is 24.5. The standard InChI is InChI=1S/C37H29F9/c38-35(39,40)30-10-4-1-7-25(30)28-16-24(34-18-21-13-22(19-34)15-23(14-21)20-34)17-29(26-8-2-5-11-31(26)36(41,42)43)33(28)27-9-3-6-12-32(27)37(44,45)46/h1-12,16-17,21-23H,13-15,18-20H2. The molecule has 4 aromatic carbocycles. The van der Waals surface area contributed by atoms with Gasteiger partial charge in [-0.1, -0.05) is 54.6 Å². The second-order valence-corrected chi connectivity index (χ2v) is 13.3. The van der Waals surface area contributed by atoms with E-state index in [0.29, 0.717) is 23.3 Å². The molecule has 4 aromatic rings. The third kappa shape index (κ3) is 5.29. The molecule has 4 aliphatic rings. The van der Waals surface area contributed by atoms with E-state index in [1.165, 1.54) is 42.5 Å². The van der Waals surface area contributed by atoms with E-state index < -0.39 is 46.2 Å². The van der Waals surface area contributed by atoms with Gasteiger partial charge >= 0.3 is 18.5 Å². The van der Waals surface area contributed by atoms with Gasteiger partial charge in [-0.2, -0.15) is 39.5 Å². The van der Waals surface area contributed by atoms with Gasteiger partial charge in [0.25, 0.3) is 0 Å². The van der Waals surface area contributed by atoms with Crippen molar-refractivity contribution in [2.75, 3.05) is 0 Å². The molecular weight excluding hydrogens is 615 g/mol. The Kier molecular flexibility index (Phi) is 7.14. The average Bonchev–Trinajstić information content (AvgIpc) is 2.98. The Balaban J connectivity index is 1.64. The van der Waals surface area contributed by atoms with Crippen LogP contribution in [0.15, 0.2) is 84.9 Å². The molecule has 4 bridgehead atoms. The summed E-state index contributed by atoms with van der Waals surface area (Å²) >= 11 is 0. The molecule has 0 amide bonds. The summed E-state index contributed by atoms with van der Waals surface area (Å²) in [5.41, 5.74) is -5.04. The normalized spacial score (nSPS) is 24.4. The van der Waals surface area contributed by atoms with Crippen LogP contribution in [0.2, 0.25) is 0 Å². The molecule has 8 rings (SSSR count). The molecule has 0 N–H and O–H groups in total. The van der Waals surface area contributed by atoms with Gasteiger partial charge in [-0.05, 0) is 131 Å². The van der Waals surface area contributed by atoms with Crippen molar-refractivity contribution < 1.29 is 39.5 Å². The fourth-order valence-corrected chi connectivity index (χ4v) is 9.01. The molecule has 0 aliphatic heterocycles. The molecule has 0 heterocycles. The van der Waals surface area contributed by atoms with Crippen LogP contribution in [0.1, 0.15) is 60.8 Å². The number of alkyl halides is 9. The molecule has 0 radical (unpaired) electrons. The van der Waals surface area contributed by atoms with Crippen LogP contribution >= 0.6 is 0 Å². The Bertz CT molecular complexity index is 1680. The third-order valence-electron chi connectivity index (χ3n) is 10.3. The Morgan fingerprint density at radius 3 is 1.13 bits per heavy atom. The summed E-state index contributed by atoms with van der Waals surface area (Å²) in [5.74, 6) is 1.19. The maximum absolute atomic E-state index is 14.6. The number of halogens is 9. The van der Waals surface area contributed by atoms with Crippen molar-refractivity contribution in [3.63, 3.8) is 0 Å². The van der Waals surface area contributed by atoms with Gasteiger partial charge in [-0.3, -0.25) is 0 Å². The summed E-state index contributed by atoms with van der Waals surface area (Å²) in [7, 11) is 0. The smallest absolute Gasteiger partial charge is 0.166 e. The first-order valence-electron chi connectivity index (χ1n) is 15.3. The number of hydrogen-bond donors (Lipinski definition) is 0. The molecule has 0 nitrogen and oxygen atoms in total. The topological polar surface area (TPSA) is 0 Å². The van der Waals surface area contributed by atoms with E-state index in [9.17, 15) is 39.5 Å². The summed E-state index contributed by atoms with van der Waals surface area (Å²) in [5, 5.41) is 0. The summed E-state index contributed by atoms with van der Waals surface area (Å²) < 4.78 is 131. The van der Waals surface area contributed by atoms with Crippen molar-refractivity contribution in [3.8, 4) is 33.4 Å².